The molecule has 1 rings (SSSR count). The van der Waals surface area contributed by atoms with Crippen LogP contribution in [0.15, 0.2) is 22.7 Å². The zero-order valence-electron chi connectivity index (χ0n) is 10.9. The van der Waals surface area contributed by atoms with Gasteiger partial charge in [0.25, 0.3) is 0 Å². The Morgan fingerprint density at radius 2 is 2.11 bits per heavy atom. The molecule has 0 saturated heterocycles. The van der Waals surface area contributed by atoms with Gasteiger partial charge in [-0.2, -0.15) is 0 Å². The third-order valence-corrected chi connectivity index (χ3v) is 3.33. The molecular formula is C13H18BrNO3. The number of hydrogen-bond donors (Lipinski definition) is 0. The highest BCUT2D eigenvalue weighted by molar-refractivity contribution is 9.10. The Kier molecular flexibility index (Phi) is 6.32. The Morgan fingerprint density at radius 1 is 1.39 bits per heavy atom. The van der Waals surface area contributed by atoms with E-state index in [9.17, 15) is 4.79 Å². The fourth-order valence-electron chi connectivity index (χ4n) is 1.54. The minimum Gasteiger partial charge on any atom is -0.465 e. The molecule has 1 aromatic rings. The molecule has 0 aromatic heterocycles. The summed E-state index contributed by atoms with van der Waals surface area (Å²) in [5.41, 5.74) is 1.67. The first-order valence-electron chi connectivity index (χ1n) is 5.62. The van der Waals surface area contributed by atoms with Crippen LogP contribution in [0.4, 0.5) is 0 Å². The van der Waals surface area contributed by atoms with Crippen molar-refractivity contribution in [2.45, 2.75) is 6.54 Å². The van der Waals surface area contributed by atoms with Crippen LogP contribution in [0.1, 0.15) is 15.9 Å². The molecule has 1 aromatic carbocycles. The lowest BCUT2D eigenvalue weighted by molar-refractivity contribution is 0.0600. The van der Waals surface area contributed by atoms with Gasteiger partial charge in [-0.25, -0.2) is 4.79 Å². The summed E-state index contributed by atoms with van der Waals surface area (Å²) >= 11 is 3.48. The van der Waals surface area contributed by atoms with Crippen molar-refractivity contribution in [2.24, 2.45) is 0 Å². The molecule has 0 N–H and O–H groups in total. The van der Waals surface area contributed by atoms with E-state index in [0.29, 0.717) is 12.2 Å². The van der Waals surface area contributed by atoms with Crippen molar-refractivity contribution in [1.29, 1.82) is 0 Å². The Balaban J connectivity index is 2.70. The third-order valence-electron chi connectivity index (χ3n) is 2.59. The number of methoxy groups -OCH3 is 2. The van der Waals surface area contributed by atoms with Crippen molar-refractivity contribution in [1.82, 2.24) is 4.90 Å². The highest BCUT2D eigenvalue weighted by Crippen LogP contribution is 2.20. The molecule has 5 heteroatoms. The molecule has 0 aliphatic heterocycles. The number of benzene rings is 1. The predicted molar refractivity (Wildman–Crippen MR) is 73.7 cm³/mol. The lowest BCUT2D eigenvalue weighted by atomic mass is 10.1. The predicted octanol–water partition coefficient (Wildman–Crippen LogP) is 2.31. The Labute approximate surface area is 116 Å². The van der Waals surface area contributed by atoms with Gasteiger partial charge < -0.3 is 9.47 Å². The highest BCUT2D eigenvalue weighted by Gasteiger charge is 2.09. The van der Waals surface area contributed by atoms with E-state index < -0.39 is 0 Å². The normalized spacial score (nSPS) is 10.7. The maximum absolute atomic E-state index is 11.4. The second kappa shape index (κ2) is 7.51. The van der Waals surface area contributed by atoms with Crippen molar-refractivity contribution in [3.05, 3.63) is 33.8 Å². The van der Waals surface area contributed by atoms with Crippen LogP contribution < -0.4 is 0 Å². The maximum Gasteiger partial charge on any atom is 0.337 e. The summed E-state index contributed by atoms with van der Waals surface area (Å²) in [4.78, 5) is 13.5. The average Bonchev–Trinajstić information content (AvgIpc) is 2.37. The Hall–Kier alpha value is -0.910. The van der Waals surface area contributed by atoms with Gasteiger partial charge in [-0.1, -0.05) is 22.0 Å². The van der Waals surface area contributed by atoms with Crippen LogP contribution >= 0.6 is 15.9 Å². The Bertz CT molecular complexity index is 409. The van der Waals surface area contributed by atoms with Crippen LogP contribution in [0.2, 0.25) is 0 Å². The number of ether oxygens (including phenoxy) is 2. The van der Waals surface area contributed by atoms with Crippen molar-refractivity contribution >= 4 is 21.9 Å². The van der Waals surface area contributed by atoms with Gasteiger partial charge in [-0.15, -0.1) is 0 Å². The van der Waals surface area contributed by atoms with E-state index in [1.165, 1.54) is 7.11 Å². The Morgan fingerprint density at radius 3 is 2.67 bits per heavy atom. The molecule has 0 bridgehead atoms. The average molecular weight is 316 g/mol. The topological polar surface area (TPSA) is 38.8 Å². The number of esters is 1. The standard InChI is InChI=1S/C13H18BrNO3/c1-15(6-7-17-2)9-11-5-4-10(8-12(11)14)13(16)18-3/h4-5,8H,6-7,9H2,1-3H3. The molecule has 18 heavy (non-hydrogen) atoms. The quantitative estimate of drug-likeness (QED) is 0.755. The van der Waals surface area contributed by atoms with Gasteiger partial charge in [-0.3, -0.25) is 4.90 Å². The molecule has 100 valence electrons. The number of likely N-dealkylation sites (N-methyl/N-ethyl adjacent to an activating group) is 1. The number of carbonyl (C=O) groups excluding carboxylic acids is 1. The van der Waals surface area contributed by atoms with Gasteiger partial charge in [0, 0.05) is 24.7 Å². The number of nitrogens with zero attached hydrogens (tertiary/aromatic N) is 1. The molecule has 0 fully saturated rings. The van der Waals surface area contributed by atoms with Gasteiger partial charge in [0.15, 0.2) is 0 Å². The fourth-order valence-corrected chi connectivity index (χ4v) is 2.04. The van der Waals surface area contributed by atoms with E-state index in [4.69, 9.17) is 4.74 Å². The number of hydrogen-bond acceptors (Lipinski definition) is 4. The monoisotopic (exact) mass is 315 g/mol. The zero-order valence-corrected chi connectivity index (χ0v) is 12.5. The summed E-state index contributed by atoms with van der Waals surface area (Å²) in [5, 5.41) is 0. The zero-order chi connectivity index (χ0) is 13.5. The van der Waals surface area contributed by atoms with Crippen molar-refractivity contribution in [3.8, 4) is 0 Å². The van der Waals surface area contributed by atoms with E-state index in [0.717, 1.165) is 23.1 Å². The molecule has 0 radical (unpaired) electrons. The third kappa shape index (κ3) is 4.40. The minimum atomic E-state index is -0.324. The summed E-state index contributed by atoms with van der Waals surface area (Å²) in [5.74, 6) is -0.324. The maximum atomic E-state index is 11.4. The first-order valence-corrected chi connectivity index (χ1v) is 6.42. The largest absolute Gasteiger partial charge is 0.465 e. The van der Waals surface area contributed by atoms with Crippen molar-refractivity contribution < 1.29 is 14.3 Å². The summed E-state index contributed by atoms with van der Waals surface area (Å²) < 4.78 is 10.6. The van der Waals surface area contributed by atoms with Gasteiger partial charge in [-0.05, 0) is 24.7 Å². The molecule has 0 aliphatic rings. The van der Waals surface area contributed by atoms with Gasteiger partial charge in [0.05, 0.1) is 19.3 Å². The van der Waals surface area contributed by atoms with E-state index in [1.807, 2.05) is 13.1 Å². The molecule has 0 spiro atoms. The fraction of sp³-hybridized carbons (Fsp3) is 0.462. The smallest absolute Gasteiger partial charge is 0.337 e. The van der Waals surface area contributed by atoms with Crippen LogP contribution in [0.25, 0.3) is 0 Å². The molecular weight excluding hydrogens is 298 g/mol. The number of carbonyl (C=O) groups is 1. The van der Waals surface area contributed by atoms with E-state index in [2.05, 4.69) is 25.6 Å². The molecule has 0 amide bonds. The second-order valence-corrected chi connectivity index (χ2v) is 4.88. The molecule has 0 atom stereocenters. The van der Waals surface area contributed by atoms with Crippen LogP contribution in [-0.2, 0) is 16.0 Å². The molecule has 0 aliphatic carbocycles. The van der Waals surface area contributed by atoms with Crippen molar-refractivity contribution in [2.75, 3.05) is 34.4 Å². The summed E-state index contributed by atoms with van der Waals surface area (Å²) in [7, 11) is 5.09. The second-order valence-electron chi connectivity index (χ2n) is 4.03. The highest BCUT2D eigenvalue weighted by atomic mass is 79.9. The van der Waals surface area contributed by atoms with E-state index in [-0.39, 0.29) is 5.97 Å². The first-order chi connectivity index (χ1) is 8.58. The SMILES string of the molecule is COCCN(C)Cc1ccc(C(=O)OC)cc1Br. The molecule has 0 saturated carbocycles. The lowest BCUT2D eigenvalue weighted by Crippen LogP contribution is -2.22. The van der Waals surface area contributed by atoms with Gasteiger partial charge in [0.2, 0.25) is 0 Å². The first kappa shape index (κ1) is 15.1. The number of halogens is 1. The van der Waals surface area contributed by atoms with Crippen LogP contribution in [0, 0.1) is 0 Å². The van der Waals surface area contributed by atoms with Gasteiger partial charge in [0.1, 0.15) is 0 Å². The lowest BCUT2D eigenvalue weighted by Gasteiger charge is -2.17. The van der Waals surface area contributed by atoms with E-state index in [1.54, 1.807) is 19.2 Å². The number of rotatable bonds is 6. The summed E-state index contributed by atoms with van der Waals surface area (Å²) in [6.45, 7) is 2.36. The van der Waals surface area contributed by atoms with Gasteiger partial charge >= 0.3 is 5.97 Å². The summed E-state index contributed by atoms with van der Waals surface area (Å²) in [6, 6.07) is 5.49. The molecule has 4 nitrogen and oxygen atoms in total. The van der Waals surface area contributed by atoms with Crippen LogP contribution in [0.5, 0.6) is 0 Å². The van der Waals surface area contributed by atoms with Crippen LogP contribution in [-0.4, -0.2) is 45.3 Å². The summed E-state index contributed by atoms with van der Waals surface area (Å²) in [6.07, 6.45) is 0. The van der Waals surface area contributed by atoms with Crippen LogP contribution in [0.3, 0.4) is 0 Å². The minimum absolute atomic E-state index is 0.324. The van der Waals surface area contributed by atoms with Crippen molar-refractivity contribution in [3.63, 3.8) is 0 Å². The molecule has 0 unspecified atom stereocenters. The molecule has 0 heterocycles. The van der Waals surface area contributed by atoms with E-state index >= 15 is 0 Å².